The largest absolute Gasteiger partial charge is 0.301 e. The second-order valence-corrected chi connectivity index (χ2v) is 6.49. The zero-order valence-electron chi connectivity index (χ0n) is 14.7. The van der Waals surface area contributed by atoms with Crippen LogP contribution in [0.5, 0.6) is 0 Å². The molecule has 0 saturated heterocycles. The fourth-order valence-corrected chi connectivity index (χ4v) is 3.36. The molecule has 0 aliphatic heterocycles. The van der Waals surface area contributed by atoms with Gasteiger partial charge in [-0.3, -0.25) is 25.7 Å². The standard InChI is InChI=1S/C19H20N4O4/c24-22(25)15-11-12-18(19(13-15)23(26)27)21-20-17-10-6-2-5-9-16(17)14-7-3-1-4-8-14/h1,3-4,7-8,11-13,16,21H,2,5-6,9-10H2/t16-/m1/s1. The van der Waals surface area contributed by atoms with Crippen molar-refractivity contribution in [1.29, 1.82) is 0 Å². The van der Waals surface area contributed by atoms with E-state index in [0.717, 1.165) is 43.9 Å². The van der Waals surface area contributed by atoms with Crippen molar-refractivity contribution in [3.63, 3.8) is 0 Å². The van der Waals surface area contributed by atoms with Crippen LogP contribution in [0.4, 0.5) is 17.1 Å². The summed E-state index contributed by atoms with van der Waals surface area (Å²) in [5.74, 6) is 0.165. The number of hydrogen-bond acceptors (Lipinski definition) is 6. The number of rotatable bonds is 5. The van der Waals surface area contributed by atoms with Gasteiger partial charge in [-0.15, -0.1) is 0 Å². The summed E-state index contributed by atoms with van der Waals surface area (Å²) in [7, 11) is 0. The summed E-state index contributed by atoms with van der Waals surface area (Å²) in [6, 6.07) is 13.6. The Kier molecular flexibility index (Phi) is 5.75. The van der Waals surface area contributed by atoms with Crippen LogP contribution in [-0.4, -0.2) is 15.6 Å². The third kappa shape index (κ3) is 4.46. The number of non-ortho nitro benzene ring substituents is 1. The molecule has 1 atom stereocenters. The molecule has 0 aromatic heterocycles. The smallest absolute Gasteiger partial charge is 0.272 e. The third-order valence-electron chi connectivity index (χ3n) is 4.74. The second kappa shape index (κ2) is 8.39. The lowest BCUT2D eigenvalue weighted by atomic mass is 9.90. The maximum Gasteiger partial charge on any atom is 0.301 e. The number of benzene rings is 2. The van der Waals surface area contributed by atoms with Gasteiger partial charge in [0, 0.05) is 17.7 Å². The molecule has 1 aliphatic rings. The van der Waals surface area contributed by atoms with Crippen LogP contribution >= 0.6 is 0 Å². The molecule has 0 unspecified atom stereocenters. The van der Waals surface area contributed by atoms with Crippen molar-refractivity contribution in [2.75, 3.05) is 5.43 Å². The van der Waals surface area contributed by atoms with Gasteiger partial charge in [0.05, 0.1) is 15.9 Å². The van der Waals surface area contributed by atoms with Crippen molar-refractivity contribution in [2.45, 2.75) is 38.0 Å². The lowest BCUT2D eigenvalue weighted by Crippen LogP contribution is -2.13. The minimum atomic E-state index is -0.653. The molecule has 2 aromatic carbocycles. The monoisotopic (exact) mass is 368 g/mol. The number of nitro benzene ring substituents is 2. The van der Waals surface area contributed by atoms with Crippen LogP contribution in [0.3, 0.4) is 0 Å². The third-order valence-corrected chi connectivity index (χ3v) is 4.74. The lowest BCUT2D eigenvalue weighted by Gasteiger charge is -2.17. The van der Waals surface area contributed by atoms with E-state index in [1.807, 2.05) is 18.2 Å². The maximum atomic E-state index is 11.3. The quantitative estimate of drug-likeness (QED) is 0.452. The van der Waals surface area contributed by atoms with E-state index in [9.17, 15) is 20.2 Å². The molecule has 1 aliphatic carbocycles. The van der Waals surface area contributed by atoms with E-state index in [0.29, 0.717) is 0 Å². The summed E-state index contributed by atoms with van der Waals surface area (Å²) < 4.78 is 0. The number of nitro groups is 2. The molecule has 0 radical (unpaired) electrons. The molecule has 1 saturated carbocycles. The predicted octanol–water partition coefficient (Wildman–Crippen LogP) is 5.02. The van der Waals surface area contributed by atoms with Crippen molar-refractivity contribution in [3.8, 4) is 0 Å². The summed E-state index contributed by atoms with van der Waals surface area (Å²) >= 11 is 0. The number of nitrogens with zero attached hydrogens (tertiary/aromatic N) is 3. The summed E-state index contributed by atoms with van der Waals surface area (Å²) in [6.07, 6.45) is 5.04. The first-order chi connectivity index (χ1) is 13.1. The maximum absolute atomic E-state index is 11.3. The highest BCUT2D eigenvalue weighted by Gasteiger charge is 2.23. The van der Waals surface area contributed by atoms with Gasteiger partial charge < -0.3 is 0 Å². The molecular formula is C19H20N4O4. The van der Waals surface area contributed by atoms with Crippen molar-refractivity contribution in [2.24, 2.45) is 5.10 Å². The van der Waals surface area contributed by atoms with Crippen LogP contribution in [0.2, 0.25) is 0 Å². The van der Waals surface area contributed by atoms with Crippen LogP contribution in [0.1, 0.15) is 43.6 Å². The first-order valence-corrected chi connectivity index (χ1v) is 8.86. The van der Waals surface area contributed by atoms with Gasteiger partial charge in [-0.25, -0.2) is 0 Å². The van der Waals surface area contributed by atoms with E-state index in [4.69, 9.17) is 0 Å². The van der Waals surface area contributed by atoms with Crippen LogP contribution < -0.4 is 5.43 Å². The van der Waals surface area contributed by atoms with Gasteiger partial charge in [-0.1, -0.05) is 43.2 Å². The van der Waals surface area contributed by atoms with E-state index in [-0.39, 0.29) is 23.0 Å². The van der Waals surface area contributed by atoms with Gasteiger partial charge in [0.25, 0.3) is 5.69 Å². The van der Waals surface area contributed by atoms with Crippen LogP contribution in [0, 0.1) is 20.2 Å². The SMILES string of the molecule is O=[N+]([O-])c1ccc(NN=C2CCCCC[C@@H]2c2ccccc2)c([N+](=O)[O-])c1. The average Bonchev–Trinajstić information content (AvgIpc) is 2.92. The highest BCUT2D eigenvalue weighted by Crippen LogP contribution is 2.32. The van der Waals surface area contributed by atoms with Crippen molar-refractivity contribution in [3.05, 3.63) is 74.3 Å². The molecule has 1 N–H and O–H groups in total. The summed E-state index contributed by atoms with van der Waals surface area (Å²) in [4.78, 5) is 20.9. The van der Waals surface area contributed by atoms with Crippen LogP contribution in [0.25, 0.3) is 0 Å². The van der Waals surface area contributed by atoms with Crippen LogP contribution in [-0.2, 0) is 0 Å². The molecule has 1 fully saturated rings. The van der Waals surface area contributed by atoms with Gasteiger partial charge in [0.2, 0.25) is 0 Å². The van der Waals surface area contributed by atoms with Crippen molar-refractivity contribution >= 4 is 22.8 Å². The Morgan fingerprint density at radius 1 is 0.963 bits per heavy atom. The fraction of sp³-hybridized carbons (Fsp3) is 0.316. The van der Waals surface area contributed by atoms with Gasteiger partial charge in [-0.05, 0) is 30.9 Å². The van der Waals surface area contributed by atoms with Gasteiger partial charge in [0.15, 0.2) is 0 Å². The number of hydrazone groups is 1. The Morgan fingerprint density at radius 3 is 2.44 bits per heavy atom. The van der Waals surface area contributed by atoms with Gasteiger partial charge in [-0.2, -0.15) is 5.10 Å². The van der Waals surface area contributed by atoms with E-state index in [1.54, 1.807) is 0 Å². The summed E-state index contributed by atoms with van der Waals surface area (Å²) in [6.45, 7) is 0. The van der Waals surface area contributed by atoms with E-state index >= 15 is 0 Å². The number of anilines is 1. The normalized spacial score (nSPS) is 18.7. The Morgan fingerprint density at radius 2 is 1.74 bits per heavy atom. The molecule has 3 rings (SSSR count). The fourth-order valence-electron chi connectivity index (χ4n) is 3.36. The molecule has 2 aromatic rings. The molecule has 0 bridgehead atoms. The molecule has 27 heavy (non-hydrogen) atoms. The van der Waals surface area contributed by atoms with E-state index in [2.05, 4.69) is 22.7 Å². The molecule has 140 valence electrons. The highest BCUT2D eigenvalue weighted by atomic mass is 16.6. The summed E-state index contributed by atoms with van der Waals surface area (Å²) in [5, 5.41) is 26.6. The van der Waals surface area contributed by atoms with Crippen LogP contribution in [0.15, 0.2) is 53.6 Å². The van der Waals surface area contributed by atoms with Crippen molar-refractivity contribution < 1.29 is 9.85 Å². The second-order valence-electron chi connectivity index (χ2n) is 6.49. The van der Waals surface area contributed by atoms with E-state index in [1.165, 1.54) is 17.7 Å². The van der Waals surface area contributed by atoms with Gasteiger partial charge >= 0.3 is 5.69 Å². The topological polar surface area (TPSA) is 111 Å². The minimum Gasteiger partial charge on any atom is -0.272 e. The van der Waals surface area contributed by atoms with Crippen molar-refractivity contribution in [1.82, 2.24) is 0 Å². The Labute approximate surface area is 156 Å². The Bertz CT molecular complexity index is 867. The first kappa shape index (κ1) is 18.5. The molecular weight excluding hydrogens is 348 g/mol. The molecule has 8 heteroatoms. The number of nitrogens with one attached hydrogen (secondary N) is 1. The number of hydrogen-bond donors (Lipinski definition) is 1. The van der Waals surface area contributed by atoms with Gasteiger partial charge in [0.1, 0.15) is 5.69 Å². The molecule has 0 spiro atoms. The first-order valence-electron chi connectivity index (χ1n) is 8.86. The Hall–Kier alpha value is -3.29. The summed E-state index contributed by atoms with van der Waals surface area (Å²) in [5.41, 5.74) is 4.37. The van der Waals surface area contributed by atoms with E-state index < -0.39 is 9.85 Å². The molecule has 0 amide bonds. The molecule has 8 nitrogen and oxygen atoms in total. The lowest BCUT2D eigenvalue weighted by molar-refractivity contribution is -0.393. The predicted molar refractivity (Wildman–Crippen MR) is 103 cm³/mol. The molecule has 0 heterocycles. The Balaban J connectivity index is 1.90. The zero-order chi connectivity index (χ0) is 19.2. The minimum absolute atomic E-state index is 0.147. The average molecular weight is 368 g/mol. The highest BCUT2D eigenvalue weighted by molar-refractivity contribution is 5.92. The zero-order valence-corrected chi connectivity index (χ0v) is 14.7.